The van der Waals surface area contributed by atoms with Gasteiger partial charge in [0.15, 0.2) is 6.61 Å². The molecule has 2 N–H and O–H groups in total. The van der Waals surface area contributed by atoms with E-state index in [0.717, 1.165) is 22.7 Å². The van der Waals surface area contributed by atoms with Gasteiger partial charge in [-0.25, -0.2) is 0 Å². The van der Waals surface area contributed by atoms with Crippen LogP contribution >= 0.6 is 0 Å². The van der Waals surface area contributed by atoms with Crippen molar-refractivity contribution in [2.75, 3.05) is 23.8 Å². The molecule has 0 atom stereocenters. The van der Waals surface area contributed by atoms with E-state index in [4.69, 9.17) is 9.47 Å². The fourth-order valence-corrected chi connectivity index (χ4v) is 2.61. The van der Waals surface area contributed by atoms with Crippen molar-refractivity contribution in [3.8, 4) is 11.5 Å². The minimum atomic E-state index is -0.188. The van der Waals surface area contributed by atoms with Crippen LogP contribution in [0.25, 0.3) is 0 Å². The maximum absolute atomic E-state index is 11.9. The van der Waals surface area contributed by atoms with Gasteiger partial charge in [0.2, 0.25) is 0 Å². The van der Waals surface area contributed by atoms with Crippen LogP contribution in [0.15, 0.2) is 78.9 Å². The van der Waals surface area contributed by atoms with E-state index >= 15 is 0 Å². The van der Waals surface area contributed by atoms with Crippen molar-refractivity contribution in [2.45, 2.75) is 13.5 Å². The van der Waals surface area contributed by atoms with E-state index in [1.165, 1.54) is 0 Å². The first-order valence-electron chi connectivity index (χ1n) is 9.26. The summed E-state index contributed by atoms with van der Waals surface area (Å²) in [4.78, 5) is 11.9. The molecule has 0 spiro atoms. The zero-order valence-corrected chi connectivity index (χ0v) is 15.9. The molecule has 3 rings (SSSR count). The van der Waals surface area contributed by atoms with E-state index in [-0.39, 0.29) is 12.5 Å². The number of hydrogen-bond donors (Lipinski definition) is 2. The normalized spacial score (nSPS) is 10.2. The van der Waals surface area contributed by atoms with Gasteiger partial charge in [-0.1, -0.05) is 30.3 Å². The van der Waals surface area contributed by atoms with Gasteiger partial charge in [0.05, 0.1) is 6.61 Å². The van der Waals surface area contributed by atoms with Crippen LogP contribution in [0.3, 0.4) is 0 Å². The number of anilines is 2. The molecule has 0 radical (unpaired) electrons. The number of carbonyl (C=O) groups is 1. The molecule has 0 aromatic heterocycles. The lowest BCUT2D eigenvalue weighted by Crippen LogP contribution is -2.20. The van der Waals surface area contributed by atoms with Gasteiger partial charge in [-0.2, -0.15) is 0 Å². The molecule has 3 aromatic rings. The second-order valence-electron chi connectivity index (χ2n) is 6.16. The summed E-state index contributed by atoms with van der Waals surface area (Å²) in [6, 6.07) is 24.9. The molecule has 5 heteroatoms. The minimum Gasteiger partial charge on any atom is -0.494 e. The molecule has 0 aliphatic rings. The predicted octanol–water partition coefficient (Wildman–Crippen LogP) is 4.71. The zero-order valence-electron chi connectivity index (χ0n) is 15.9. The van der Waals surface area contributed by atoms with E-state index in [0.29, 0.717) is 18.9 Å². The Kier molecular flexibility index (Phi) is 6.90. The van der Waals surface area contributed by atoms with Crippen molar-refractivity contribution in [2.24, 2.45) is 0 Å². The summed E-state index contributed by atoms with van der Waals surface area (Å²) in [6.07, 6.45) is 0. The molecule has 3 aromatic carbocycles. The Morgan fingerprint density at radius 2 is 1.43 bits per heavy atom. The maximum atomic E-state index is 11.9. The summed E-state index contributed by atoms with van der Waals surface area (Å²) in [6.45, 7) is 3.30. The number of amides is 1. The molecule has 5 nitrogen and oxygen atoms in total. The summed E-state index contributed by atoms with van der Waals surface area (Å²) in [5.41, 5.74) is 2.91. The van der Waals surface area contributed by atoms with Gasteiger partial charge in [0.25, 0.3) is 5.91 Å². The third-order valence-electron chi connectivity index (χ3n) is 4.01. The van der Waals surface area contributed by atoms with E-state index in [9.17, 15) is 4.79 Å². The van der Waals surface area contributed by atoms with Crippen LogP contribution in [0, 0.1) is 0 Å². The van der Waals surface area contributed by atoms with Crippen LogP contribution < -0.4 is 20.1 Å². The van der Waals surface area contributed by atoms with Gasteiger partial charge in [0, 0.05) is 17.9 Å². The first-order chi connectivity index (χ1) is 13.7. The zero-order chi connectivity index (χ0) is 19.6. The molecular weight excluding hydrogens is 352 g/mol. The van der Waals surface area contributed by atoms with Crippen molar-refractivity contribution in [1.82, 2.24) is 0 Å². The number of rotatable bonds is 9. The Labute approximate surface area is 165 Å². The smallest absolute Gasteiger partial charge is 0.262 e. The van der Waals surface area contributed by atoms with Crippen LogP contribution in [-0.4, -0.2) is 19.1 Å². The van der Waals surface area contributed by atoms with Crippen molar-refractivity contribution < 1.29 is 14.3 Å². The summed E-state index contributed by atoms with van der Waals surface area (Å²) < 4.78 is 11.0. The summed E-state index contributed by atoms with van der Waals surface area (Å²) >= 11 is 0. The number of ether oxygens (including phenoxy) is 2. The second kappa shape index (κ2) is 10.0. The molecule has 0 aliphatic carbocycles. The number of hydrogen-bond acceptors (Lipinski definition) is 4. The van der Waals surface area contributed by atoms with Crippen molar-refractivity contribution in [1.29, 1.82) is 0 Å². The molecule has 144 valence electrons. The van der Waals surface area contributed by atoms with E-state index in [2.05, 4.69) is 10.6 Å². The first-order valence-corrected chi connectivity index (χ1v) is 9.26. The van der Waals surface area contributed by atoms with Gasteiger partial charge < -0.3 is 20.1 Å². The third-order valence-corrected chi connectivity index (χ3v) is 4.01. The highest BCUT2D eigenvalue weighted by atomic mass is 16.5. The number of carbonyl (C=O) groups excluding carboxylic acids is 1. The van der Waals surface area contributed by atoms with Crippen molar-refractivity contribution in [3.63, 3.8) is 0 Å². The van der Waals surface area contributed by atoms with Crippen LogP contribution in [0.1, 0.15) is 12.5 Å². The second-order valence-corrected chi connectivity index (χ2v) is 6.16. The molecule has 28 heavy (non-hydrogen) atoms. The quantitative estimate of drug-likeness (QED) is 0.568. The SMILES string of the molecule is CCOc1ccc(NCc2ccc(OCC(=O)Nc3ccccc3)cc2)cc1. The van der Waals surface area contributed by atoms with Crippen LogP contribution in [0.2, 0.25) is 0 Å². The molecule has 0 saturated carbocycles. The minimum absolute atomic E-state index is 0.0291. The third kappa shape index (κ3) is 6.06. The lowest BCUT2D eigenvalue weighted by Gasteiger charge is -2.10. The van der Waals surface area contributed by atoms with E-state index < -0.39 is 0 Å². The van der Waals surface area contributed by atoms with E-state index in [1.807, 2.05) is 85.8 Å². The highest BCUT2D eigenvalue weighted by Crippen LogP contribution is 2.17. The van der Waals surface area contributed by atoms with Crippen molar-refractivity contribution in [3.05, 3.63) is 84.4 Å². The fraction of sp³-hybridized carbons (Fsp3) is 0.174. The lowest BCUT2D eigenvalue weighted by atomic mass is 10.2. The highest BCUT2D eigenvalue weighted by Gasteiger charge is 2.04. The number of para-hydroxylation sites is 1. The molecule has 0 fully saturated rings. The Morgan fingerprint density at radius 1 is 0.786 bits per heavy atom. The molecule has 0 saturated heterocycles. The number of benzene rings is 3. The standard InChI is InChI=1S/C23H24N2O3/c1-2-27-21-14-10-19(11-15-21)24-16-18-8-12-22(13-9-18)28-17-23(26)25-20-6-4-3-5-7-20/h3-15,24H,2,16-17H2,1H3,(H,25,26). The molecule has 0 bridgehead atoms. The Hall–Kier alpha value is -3.47. The largest absolute Gasteiger partial charge is 0.494 e. The topological polar surface area (TPSA) is 59.6 Å². The average molecular weight is 376 g/mol. The van der Waals surface area contributed by atoms with Crippen LogP contribution in [0.4, 0.5) is 11.4 Å². The predicted molar refractivity (Wildman–Crippen MR) is 112 cm³/mol. The van der Waals surface area contributed by atoms with Gasteiger partial charge >= 0.3 is 0 Å². The van der Waals surface area contributed by atoms with Gasteiger partial charge in [-0.3, -0.25) is 4.79 Å². The Balaban J connectivity index is 1.43. The Bertz CT molecular complexity index is 863. The average Bonchev–Trinajstić information content (AvgIpc) is 2.73. The summed E-state index contributed by atoms with van der Waals surface area (Å²) in [5, 5.41) is 6.16. The first kappa shape index (κ1) is 19.3. The molecular formula is C23H24N2O3. The maximum Gasteiger partial charge on any atom is 0.262 e. The van der Waals surface area contributed by atoms with Crippen LogP contribution in [-0.2, 0) is 11.3 Å². The molecule has 0 heterocycles. The molecule has 1 amide bonds. The Morgan fingerprint density at radius 3 is 2.11 bits per heavy atom. The van der Waals surface area contributed by atoms with Gasteiger partial charge in [0.1, 0.15) is 11.5 Å². The van der Waals surface area contributed by atoms with Gasteiger partial charge in [-0.05, 0) is 61.0 Å². The lowest BCUT2D eigenvalue weighted by molar-refractivity contribution is -0.118. The monoisotopic (exact) mass is 376 g/mol. The molecule has 0 aliphatic heterocycles. The van der Waals surface area contributed by atoms with Gasteiger partial charge in [-0.15, -0.1) is 0 Å². The summed E-state index contributed by atoms with van der Waals surface area (Å²) in [7, 11) is 0. The summed E-state index contributed by atoms with van der Waals surface area (Å²) in [5.74, 6) is 1.34. The highest BCUT2D eigenvalue weighted by molar-refractivity contribution is 5.91. The van der Waals surface area contributed by atoms with Crippen LogP contribution in [0.5, 0.6) is 11.5 Å². The fourth-order valence-electron chi connectivity index (χ4n) is 2.61. The molecule has 0 unspecified atom stereocenters. The van der Waals surface area contributed by atoms with Crippen molar-refractivity contribution >= 4 is 17.3 Å². The number of nitrogens with one attached hydrogen (secondary N) is 2. The van der Waals surface area contributed by atoms with E-state index in [1.54, 1.807) is 0 Å².